The van der Waals surface area contributed by atoms with Gasteiger partial charge in [0.1, 0.15) is 10.6 Å². The van der Waals surface area contributed by atoms with Crippen molar-refractivity contribution in [2.24, 2.45) is 0 Å². The van der Waals surface area contributed by atoms with E-state index in [0.29, 0.717) is 5.56 Å². The summed E-state index contributed by atoms with van der Waals surface area (Å²) in [4.78, 5) is 14.4. The molecule has 0 bridgehead atoms. The van der Waals surface area contributed by atoms with E-state index in [1.165, 1.54) is 26.1 Å². The molecule has 0 fully saturated rings. The maximum Gasteiger partial charge on any atom is 0.321 e. The zero-order valence-electron chi connectivity index (χ0n) is 8.94. The number of aromatic nitrogens is 1. The maximum absolute atomic E-state index is 12.8. The highest BCUT2D eigenvalue weighted by Gasteiger charge is 2.34. The molecule has 1 aromatic rings. The SMILES string of the molecule is CC(C)(C(=O)O)S(=O)Cc1cncc(F)c1. The summed E-state index contributed by atoms with van der Waals surface area (Å²) in [6.07, 6.45) is 2.41. The molecule has 1 atom stereocenters. The molecule has 6 heteroatoms. The molecule has 0 aliphatic rings. The van der Waals surface area contributed by atoms with E-state index >= 15 is 0 Å². The van der Waals surface area contributed by atoms with Crippen LogP contribution in [0.5, 0.6) is 0 Å². The Kier molecular flexibility index (Phi) is 3.74. The molecule has 1 heterocycles. The summed E-state index contributed by atoms with van der Waals surface area (Å²) in [5.41, 5.74) is 0.424. The van der Waals surface area contributed by atoms with Gasteiger partial charge < -0.3 is 5.11 Å². The smallest absolute Gasteiger partial charge is 0.321 e. The molecule has 0 aromatic carbocycles. The van der Waals surface area contributed by atoms with E-state index in [9.17, 15) is 13.4 Å². The Bertz CT molecular complexity index is 434. The van der Waals surface area contributed by atoms with E-state index in [1.54, 1.807) is 0 Å². The van der Waals surface area contributed by atoms with Gasteiger partial charge >= 0.3 is 5.97 Å². The molecule has 1 rings (SSSR count). The van der Waals surface area contributed by atoms with Gasteiger partial charge in [0.15, 0.2) is 0 Å². The van der Waals surface area contributed by atoms with Crippen molar-refractivity contribution in [2.45, 2.75) is 24.3 Å². The highest BCUT2D eigenvalue weighted by Crippen LogP contribution is 2.17. The van der Waals surface area contributed by atoms with E-state index in [4.69, 9.17) is 5.11 Å². The van der Waals surface area contributed by atoms with Gasteiger partial charge in [-0.2, -0.15) is 0 Å². The van der Waals surface area contributed by atoms with Gasteiger partial charge in [0.05, 0.1) is 11.9 Å². The molecule has 1 aromatic heterocycles. The third-order valence-electron chi connectivity index (χ3n) is 2.14. The van der Waals surface area contributed by atoms with Crippen molar-refractivity contribution in [1.29, 1.82) is 0 Å². The Morgan fingerprint density at radius 2 is 2.19 bits per heavy atom. The number of hydrogen-bond donors (Lipinski definition) is 1. The largest absolute Gasteiger partial charge is 0.480 e. The van der Waals surface area contributed by atoms with Gasteiger partial charge in [-0.1, -0.05) is 0 Å². The van der Waals surface area contributed by atoms with Gasteiger partial charge in [-0.25, -0.2) is 4.39 Å². The molecular formula is C10H12FNO3S. The topological polar surface area (TPSA) is 67.3 Å². The molecule has 4 nitrogen and oxygen atoms in total. The summed E-state index contributed by atoms with van der Waals surface area (Å²) in [6, 6.07) is 1.20. The first-order chi connectivity index (χ1) is 7.34. The van der Waals surface area contributed by atoms with E-state index < -0.39 is 27.3 Å². The molecule has 0 spiro atoms. The number of aliphatic carboxylic acids is 1. The fourth-order valence-corrected chi connectivity index (χ4v) is 1.98. The Hall–Kier alpha value is -1.30. The summed E-state index contributed by atoms with van der Waals surface area (Å²) >= 11 is 0. The molecular weight excluding hydrogens is 233 g/mol. The van der Waals surface area contributed by atoms with Crippen molar-refractivity contribution in [3.05, 3.63) is 29.8 Å². The summed E-state index contributed by atoms with van der Waals surface area (Å²) in [6.45, 7) is 2.75. The highest BCUT2D eigenvalue weighted by atomic mass is 32.2. The molecule has 0 radical (unpaired) electrons. The van der Waals surface area contributed by atoms with Gasteiger partial charge in [-0.15, -0.1) is 0 Å². The quantitative estimate of drug-likeness (QED) is 0.869. The van der Waals surface area contributed by atoms with Crippen LogP contribution in [0.4, 0.5) is 4.39 Å². The van der Waals surface area contributed by atoms with Crippen LogP contribution in [0.15, 0.2) is 18.5 Å². The summed E-state index contributed by atoms with van der Waals surface area (Å²) in [5.74, 6) is -1.69. The van der Waals surface area contributed by atoms with Crippen molar-refractivity contribution in [1.82, 2.24) is 4.98 Å². The number of halogens is 1. The van der Waals surface area contributed by atoms with Crippen molar-refractivity contribution in [3.8, 4) is 0 Å². The van der Waals surface area contributed by atoms with Crippen LogP contribution in [0, 0.1) is 5.82 Å². The molecule has 88 valence electrons. The highest BCUT2D eigenvalue weighted by molar-refractivity contribution is 7.86. The Morgan fingerprint density at radius 3 is 2.69 bits per heavy atom. The number of rotatable bonds is 4. The van der Waals surface area contributed by atoms with Crippen LogP contribution in [-0.4, -0.2) is 25.0 Å². The Labute approximate surface area is 95.0 Å². The van der Waals surface area contributed by atoms with Crippen molar-refractivity contribution in [3.63, 3.8) is 0 Å². The van der Waals surface area contributed by atoms with Crippen molar-refractivity contribution >= 4 is 16.8 Å². The Balaban J connectivity index is 2.83. The third kappa shape index (κ3) is 2.85. The van der Waals surface area contributed by atoms with E-state index in [-0.39, 0.29) is 5.75 Å². The van der Waals surface area contributed by atoms with Gasteiger partial charge in [-0.3, -0.25) is 14.0 Å². The minimum atomic E-state index is -1.63. The Morgan fingerprint density at radius 1 is 1.56 bits per heavy atom. The normalized spacial score (nSPS) is 13.4. The second-order valence-electron chi connectivity index (χ2n) is 3.82. The van der Waals surface area contributed by atoms with E-state index in [0.717, 1.165) is 6.20 Å². The van der Waals surface area contributed by atoms with Gasteiger partial charge in [0, 0.05) is 17.0 Å². The predicted octanol–water partition coefficient (Wildman–Crippen LogP) is 1.33. The number of carboxylic acids is 1. The van der Waals surface area contributed by atoms with Crippen LogP contribution in [0.3, 0.4) is 0 Å². The number of pyridine rings is 1. The standard InChI is InChI=1S/C10H12FNO3S/c1-10(2,9(13)14)16(15)6-7-3-8(11)5-12-4-7/h3-5H,6H2,1-2H3,(H,13,14). The summed E-state index contributed by atoms with van der Waals surface area (Å²) < 4.78 is 23.2. The lowest BCUT2D eigenvalue weighted by molar-refractivity contribution is -0.139. The molecule has 0 aliphatic heterocycles. The van der Waals surface area contributed by atoms with E-state index in [2.05, 4.69) is 4.98 Å². The number of carbonyl (C=O) groups is 1. The minimum Gasteiger partial charge on any atom is -0.480 e. The van der Waals surface area contributed by atoms with Gasteiger partial charge in [-0.05, 0) is 25.5 Å². The number of hydrogen-bond acceptors (Lipinski definition) is 3. The minimum absolute atomic E-state index is 0.0238. The van der Waals surface area contributed by atoms with Gasteiger partial charge in [0.25, 0.3) is 0 Å². The van der Waals surface area contributed by atoms with Crippen molar-refractivity contribution < 1.29 is 18.5 Å². The van der Waals surface area contributed by atoms with E-state index in [1.807, 2.05) is 0 Å². The molecule has 16 heavy (non-hydrogen) atoms. The van der Waals surface area contributed by atoms with Crippen LogP contribution in [0.25, 0.3) is 0 Å². The predicted molar refractivity (Wildman–Crippen MR) is 57.8 cm³/mol. The molecule has 0 saturated carbocycles. The number of carboxylic acid groups (broad SMARTS) is 1. The van der Waals surface area contributed by atoms with Crippen LogP contribution >= 0.6 is 0 Å². The molecule has 0 aliphatic carbocycles. The molecule has 0 saturated heterocycles. The van der Waals surface area contributed by atoms with Crippen LogP contribution < -0.4 is 0 Å². The monoisotopic (exact) mass is 245 g/mol. The summed E-state index contributed by atoms with van der Waals surface area (Å²) in [5, 5.41) is 8.86. The van der Waals surface area contributed by atoms with Gasteiger partial charge in [0.2, 0.25) is 0 Å². The summed E-state index contributed by atoms with van der Waals surface area (Å²) in [7, 11) is -1.63. The zero-order chi connectivity index (χ0) is 12.3. The maximum atomic E-state index is 12.8. The second kappa shape index (κ2) is 4.69. The first-order valence-corrected chi connectivity index (χ1v) is 5.87. The lowest BCUT2D eigenvalue weighted by Crippen LogP contribution is -2.37. The van der Waals surface area contributed by atoms with Crippen LogP contribution in [0.2, 0.25) is 0 Å². The van der Waals surface area contributed by atoms with Crippen LogP contribution in [-0.2, 0) is 21.3 Å². The molecule has 1 unspecified atom stereocenters. The lowest BCUT2D eigenvalue weighted by Gasteiger charge is -2.18. The fourth-order valence-electron chi connectivity index (χ4n) is 0.964. The first-order valence-electron chi connectivity index (χ1n) is 4.55. The molecule has 1 N–H and O–H groups in total. The fraction of sp³-hybridized carbons (Fsp3) is 0.400. The molecule has 0 amide bonds. The zero-order valence-corrected chi connectivity index (χ0v) is 9.75. The van der Waals surface area contributed by atoms with Crippen molar-refractivity contribution in [2.75, 3.05) is 0 Å². The third-order valence-corrected chi connectivity index (χ3v) is 4.05. The first kappa shape index (κ1) is 12.8. The lowest BCUT2D eigenvalue weighted by atomic mass is 10.2. The van der Waals surface area contributed by atoms with Crippen LogP contribution in [0.1, 0.15) is 19.4 Å². The average Bonchev–Trinajstić information content (AvgIpc) is 2.17. The average molecular weight is 245 g/mol. The second-order valence-corrected chi connectivity index (χ2v) is 5.82. The number of nitrogens with zero attached hydrogens (tertiary/aromatic N) is 1.